The van der Waals surface area contributed by atoms with Crippen molar-refractivity contribution in [3.8, 4) is 0 Å². The Balaban J connectivity index is -0.000000218. The van der Waals surface area contributed by atoms with Gasteiger partial charge in [-0.15, -0.1) is 0 Å². The van der Waals surface area contributed by atoms with Crippen molar-refractivity contribution >= 4 is 29.5 Å². The van der Waals surface area contributed by atoms with Crippen molar-refractivity contribution < 1.29 is 39.3 Å². The third-order valence-corrected chi connectivity index (χ3v) is 6.33. The first kappa shape index (κ1) is 54.1. The fourth-order valence-corrected chi connectivity index (χ4v) is 4.02. The van der Waals surface area contributed by atoms with Crippen molar-refractivity contribution in [2.45, 2.75) is 169 Å². The second kappa shape index (κ2) is 40.6. The molecule has 0 fully saturated rings. The summed E-state index contributed by atoms with van der Waals surface area (Å²) in [4.78, 5) is 52.2. The Kier molecular flexibility index (Phi) is 49.9. The number of ketones is 2. The lowest BCUT2D eigenvalue weighted by atomic mass is 9.84. The van der Waals surface area contributed by atoms with Crippen molar-refractivity contribution in [3.63, 3.8) is 0 Å². The molecular weight excluding hydrogens is 568 g/mol. The number of aliphatic carboxylic acids is 3. The van der Waals surface area contributed by atoms with Gasteiger partial charge >= 0.3 is 0 Å². The zero-order valence-electron chi connectivity index (χ0n) is 28.8. The first-order valence-electron chi connectivity index (χ1n) is 15.9. The minimum absolute atomic E-state index is 0. The Labute approximate surface area is 267 Å². The second-order valence-corrected chi connectivity index (χ2v) is 10.7. The number of unbranched alkanes of at least 4 members (excludes halogenated alkanes) is 16. The predicted octanol–water partition coefficient (Wildman–Crippen LogP) is 7.22. The third-order valence-electron chi connectivity index (χ3n) is 6.33. The second-order valence-electron chi connectivity index (χ2n) is 10.7. The van der Waals surface area contributed by atoms with E-state index in [0.29, 0.717) is 12.8 Å². The molecule has 0 aliphatic carbocycles. The van der Waals surface area contributed by atoms with Crippen molar-refractivity contribution in [2.75, 3.05) is 6.54 Å². The summed E-state index contributed by atoms with van der Waals surface area (Å²) in [6, 6.07) is 0. The van der Waals surface area contributed by atoms with Crippen LogP contribution >= 0.6 is 0 Å². The molecule has 266 valence electrons. The third kappa shape index (κ3) is 49.3. The van der Waals surface area contributed by atoms with Gasteiger partial charge in [-0.3, -0.25) is 24.0 Å². The van der Waals surface area contributed by atoms with Crippen molar-refractivity contribution in [3.05, 3.63) is 0 Å². The molecule has 12 heteroatoms. The van der Waals surface area contributed by atoms with Gasteiger partial charge in [0, 0.05) is 40.2 Å². The summed E-state index contributed by atoms with van der Waals surface area (Å²) in [7, 11) is 0. The van der Waals surface area contributed by atoms with Crippen LogP contribution in [0.2, 0.25) is 0 Å². The molecule has 0 rings (SSSR count). The smallest absolute Gasteiger partial charge is 0.300 e. The van der Waals surface area contributed by atoms with E-state index in [4.69, 9.17) is 41.2 Å². The summed E-state index contributed by atoms with van der Waals surface area (Å²) in [5.41, 5.74) is 10.5. The molecule has 12 nitrogen and oxygen atoms in total. The molecule has 0 amide bonds. The molecule has 0 aromatic heterocycles. The maximum Gasteiger partial charge on any atom is 0.300 e. The molecule has 0 bridgehead atoms. The van der Waals surface area contributed by atoms with Crippen LogP contribution in [0, 0.1) is 0 Å². The summed E-state index contributed by atoms with van der Waals surface area (Å²) in [6.45, 7) is 7.65. The highest BCUT2D eigenvalue weighted by molar-refractivity contribution is 6.11. The Morgan fingerprint density at radius 2 is 0.659 bits per heavy atom. The van der Waals surface area contributed by atoms with E-state index in [1.165, 1.54) is 77.0 Å². The number of carbonyl (C=O) groups is 5. The van der Waals surface area contributed by atoms with Crippen LogP contribution in [0.25, 0.3) is 0 Å². The predicted molar refractivity (Wildman–Crippen MR) is 180 cm³/mol. The fourth-order valence-electron chi connectivity index (χ4n) is 4.02. The molecule has 13 N–H and O–H groups in total. The number of hydrogen-bond donors (Lipinski definition) is 7. The lowest BCUT2D eigenvalue weighted by Crippen LogP contribution is -2.60. The van der Waals surface area contributed by atoms with E-state index in [1.54, 1.807) is 0 Å². The Morgan fingerprint density at radius 3 is 0.841 bits per heavy atom. The van der Waals surface area contributed by atoms with Gasteiger partial charge in [0.25, 0.3) is 17.9 Å². The maximum atomic E-state index is 12.6. The molecule has 0 aliphatic heterocycles. The van der Waals surface area contributed by atoms with E-state index < -0.39 is 23.4 Å². The molecule has 0 saturated heterocycles. The molecular formula is C32H70N4O8. The molecule has 0 radical (unpaired) electrons. The molecule has 0 heterocycles. The summed E-state index contributed by atoms with van der Waals surface area (Å²) in [5.74, 6) is -2.82. The van der Waals surface area contributed by atoms with Gasteiger partial charge in [0.15, 0.2) is 11.6 Å². The van der Waals surface area contributed by atoms with E-state index >= 15 is 0 Å². The lowest BCUT2D eigenvalue weighted by molar-refractivity contribution is -0.135. The number of hydrogen-bond acceptors (Lipinski definition) is 9. The maximum absolute atomic E-state index is 12.6. The minimum atomic E-state index is -1.46. The summed E-state index contributed by atoms with van der Waals surface area (Å²) in [5, 5.41) is 22.2. The average Bonchev–Trinajstić information content (AvgIpc) is 2.89. The van der Waals surface area contributed by atoms with Gasteiger partial charge in [-0.25, -0.2) is 0 Å². The van der Waals surface area contributed by atoms with E-state index in [0.717, 1.165) is 59.3 Å². The van der Waals surface area contributed by atoms with Gasteiger partial charge in [0.2, 0.25) is 0 Å². The summed E-state index contributed by atoms with van der Waals surface area (Å²) in [6.07, 6.45) is 22.4. The van der Waals surface area contributed by atoms with Crippen LogP contribution < -0.4 is 23.8 Å². The number of rotatable bonds is 23. The Bertz CT molecular complexity index is 617. The fraction of sp³-hybridized carbons (Fsp3) is 0.844. The molecule has 0 spiro atoms. The average molecular weight is 639 g/mol. The van der Waals surface area contributed by atoms with Gasteiger partial charge in [-0.2, -0.15) is 0 Å². The Hall–Kier alpha value is -2.41. The van der Waals surface area contributed by atoms with Crippen LogP contribution in [-0.4, -0.2) is 56.9 Å². The monoisotopic (exact) mass is 639 g/mol. The zero-order chi connectivity index (χ0) is 33.2. The van der Waals surface area contributed by atoms with Gasteiger partial charge < -0.3 is 39.1 Å². The molecule has 44 heavy (non-hydrogen) atoms. The quantitative estimate of drug-likeness (QED) is 0.0431. The van der Waals surface area contributed by atoms with Crippen LogP contribution in [0.1, 0.15) is 163 Å². The number of nitrogens with two attached hydrogens (primary N) is 2. The van der Waals surface area contributed by atoms with Gasteiger partial charge in [-0.1, -0.05) is 117 Å². The molecule has 0 saturated carbocycles. The number of carboxylic acids is 3. The highest BCUT2D eigenvalue weighted by Gasteiger charge is 2.38. The molecule has 0 atom stereocenters. The molecule has 0 aromatic rings. The SMILES string of the molecule is CC(=O)O.CC(=O)O.CC(=O)O.CCCCCCCCCCCC(=O)C(N)(CN)C(=O)CCCCCCCCCCC.N.N. The first-order valence-corrected chi connectivity index (χ1v) is 15.9. The standard InChI is InChI=1S/C26H52N2O2.3C2H4O2.2H3N/c1-3-5-7-9-11-13-15-17-19-21-24(29)26(28,23-27)25(30)22-20-18-16-14-12-10-8-6-4-2;3*1-2(3)4;;/h3-23,27-28H2,1-2H3;3*1H3,(H,3,4);2*1H3. The van der Waals surface area contributed by atoms with Crippen LogP contribution in [0.4, 0.5) is 0 Å². The van der Waals surface area contributed by atoms with Crippen molar-refractivity contribution in [2.24, 2.45) is 11.5 Å². The van der Waals surface area contributed by atoms with Crippen LogP contribution in [0.5, 0.6) is 0 Å². The van der Waals surface area contributed by atoms with E-state index in [-0.39, 0.29) is 30.4 Å². The highest BCUT2D eigenvalue weighted by atomic mass is 16.4. The van der Waals surface area contributed by atoms with Crippen molar-refractivity contribution in [1.29, 1.82) is 0 Å². The largest absolute Gasteiger partial charge is 0.481 e. The molecule has 0 aliphatic rings. The number of carbonyl (C=O) groups excluding carboxylic acids is 2. The van der Waals surface area contributed by atoms with E-state index in [9.17, 15) is 9.59 Å². The van der Waals surface area contributed by atoms with Gasteiger partial charge in [-0.05, 0) is 12.8 Å². The normalized spacial score (nSPS) is 9.70. The van der Waals surface area contributed by atoms with Crippen molar-refractivity contribution in [1.82, 2.24) is 12.3 Å². The van der Waals surface area contributed by atoms with Gasteiger partial charge in [0.1, 0.15) is 5.54 Å². The molecule has 0 unspecified atom stereocenters. The minimum Gasteiger partial charge on any atom is -0.481 e. The van der Waals surface area contributed by atoms with E-state index in [2.05, 4.69) is 13.8 Å². The van der Waals surface area contributed by atoms with E-state index in [1.807, 2.05) is 0 Å². The summed E-state index contributed by atoms with van der Waals surface area (Å²) < 4.78 is 0. The molecule has 0 aromatic carbocycles. The first-order chi connectivity index (χ1) is 19.7. The van der Waals surface area contributed by atoms with Crippen LogP contribution in [-0.2, 0) is 24.0 Å². The number of carboxylic acid groups (broad SMARTS) is 3. The number of Topliss-reactive ketones (excluding diaryl/α,β-unsaturated/α-hetero) is 2. The zero-order valence-corrected chi connectivity index (χ0v) is 28.8. The van der Waals surface area contributed by atoms with Crippen LogP contribution in [0.3, 0.4) is 0 Å². The summed E-state index contributed by atoms with van der Waals surface area (Å²) >= 11 is 0. The highest BCUT2D eigenvalue weighted by Crippen LogP contribution is 2.17. The lowest BCUT2D eigenvalue weighted by Gasteiger charge is -2.25. The van der Waals surface area contributed by atoms with Crippen LogP contribution in [0.15, 0.2) is 0 Å². The Morgan fingerprint density at radius 1 is 0.477 bits per heavy atom. The topological polar surface area (TPSA) is 268 Å². The van der Waals surface area contributed by atoms with Gasteiger partial charge in [0.05, 0.1) is 0 Å².